The monoisotopic (exact) mass is 330 g/mol. The number of carbonyl (C=O) groups excluding carboxylic acids is 1. The molecule has 0 bridgehead atoms. The normalized spacial score (nSPS) is 21.2. The van der Waals surface area contributed by atoms with E-state index in [1.807, 2.05) is 11.8 Å². The van der Waals surface area contributed by atoms with Crippen molar-refractivity contribution < 1.29 is 4.79 Å². The van der Waals surface area contributed by atoms with Gasteiger partial charge >= 0.3 is 0 Å². The number of amides is 1. The van der Waals surface area contributed by atoms with E-state index in [0.29, 0.717) is 24.7 Å². The van der Waals surface area contributed by atoms with Gasteiger partial charge in [-0.05, 0) is 38.5 Å². The molecule has 1 atom stereocenters. The Hall–Kier alpha value is -2.11. The van der Waals surface area contributed by atoms with E-state index in [9.17, 15) is 9.59 Å². The predicted molar refractivity (Wildman–Crippen MR) is 94.0 cm³/mol. The average molecular weight is 330 g/mol. The quantitative estimate of drug-likeness (QED) is 0.835. The molecular weight excluding hydrogens is 304 g/mol. The summed E-state index contributed by atoms with van der Waals surface area (Å²) in [6.07, 6.45) is 12.2. The second-order valence-electron chi connectivity index (χ2n) is 6.64. The molecule has 0 spiro atoms. The van der Waals surface area contributed by atoms with Crippen LogP contribution in [0.2, 0.25) is 0 Å². The maximum atomic E-state index is 12.3. The molecular formula is C18H26N4O2. The smallest absolute Gasteiger partial charge is 0.293 e. The Morgan fingerprint density at radius 3 is 2.79 bits per heavy atom. The fourth-order valence-corrected chi connectivity index (χ4v) is 3.53. The minimum absolute atomic E-state index is 0.0319. The zero-order chi connectivity index (χ0) is 16.9. The van der Waals surface area contributed by atoms with Gasteiger partial charge < -0.3 is 14.8 Å². The fourth-order valence-electron chi connectivity index (χ4n) is 3.53. The van der Waals surface area contributed by atoms with Crippen LogP contribution in [0.4, 0.5) is 5.82 Å². The molecule has 24 heavy (non-hydrogen) atoms. The van der Waals surface area contributed by atoms with Gasteiger partial charge in [0, 0.05) is 44.5 Å². The number of anilines is 1. The Balaban J connectivity index is 1.51. The Bertz CT molecular complexity index is 659. The molecule has 1 fully saturated rings. The Morgan fingerprint density at radius 1 is 1.33 bits per heavy atom. The standard InChI is InChI=1S/C18H26N4O2/c1-2-21-12-9-19-17(18(21)24)22-10-7-15(8-11-22)20-16(23)13-14-5-3-4-6-14/h3,5,9,12,14-15H,2,4,6-8,10-11,13H2,1H3,(H,20,23)/t14-/m0/s1. The summed E-state index contributed by atoms with van der Waals surface area (Å²) >= 11 is 0. The molecule has 1 amide bonds. The van der Waals surface area contributed by atoms with Gasteiger partial charge in [-0.2, -0.15) is 0 Å². The minimum Gasteiger partial charge on any atom is -0.353 e. The first kappa shape index (κ1) is 16.7. The van der Waals surface area contributed by atoms with Crippen LogP contribution in [0, 0.1) is 5.92 Å². The van der Waals surface area contributed by atoms with Crippen LogP contribution in [0.25, 0.3) is 0 Å². The summed E-state index contributed by atoms with van der Waals surface area (Å²) in [4.78, 5) is 30.8. The Kier molecular flexibility index (Phi) is 5.33. The lowest BCUT2D eigenvalue weighted by Gasteiger charge is -2.33. The predicted octanol–water partition coefficient (Wildman–Crippen LogP) is 1.70. The highest BCUT2D eigenvalue weighted by atomic mass is 16.1. The van der Waals surface area contributed by atoms with Crippen molar-refractivity contribution in [3.05, 3.63) is 34.9 Å². The first-order valence-electron chi connectivity index (χ1n) is 8.93. The van der Waals surface area contributed by atoms with Crippen LogP contribution in [-0.2, 0) is 11.3 Å². The van der Waals surface area contributed by atoms with Gasteiger partial charge in [0.05, 0.1) is 0 Å². The molecule has 3 rings (SSSR count). The summed E-state index contributed by atoms with van der Waals surface area (Å²) in [5.74, 6) is 1.09. The van der Waals surface area contributed by atoms with Crippen molar-refractivity contribution in [3.63, 3.8) is 0 Å². The molecule has 2 aliphatic rings. The summed E-state index contributed by atoms with van der Waals surface area (Å²) in [7, 11) is 0. The highest BCUT2D eigenvalue weighted by Gasteiger charge is 2.24. The van der Waals surface area contributed by atoms with E-state index in [4.69, 9.17) is 0 Å². The molecule has 1 saturated heterocycles. The van der Waals surface area contributed by atoms with Crippen molar-refractivity contribution in [2.75, 3.05) is 18.0 Å². The minimum atomic E-state index is -0.0319. The molecule has 1 aromatic heterocycles. The van der Waals surface area contributed by atoms with Crippen molar-refractivity contribution in [2.24, 2.45) is 5.92 Å². The summed E-state index contributed by atoms with van der Waals surface area (Å²) in [6, 6.07) is 0.205. The van der Waals surface area contributed by atoms with Crippen molar-refractivity contribution in [1.82, 2.24) is 14.9 Å². The fraction of sp³-hybridized carbons (Fsp3) is 0.611. The number of hydrogen-bond acceptors (Lipinski definition) is 4. The van der Waals surface area contributed by atoms with Gasteiger partial charge in [0.15, 0.2) is 5.82 Å². The Morgan fingerprint density at radius 2 is 2.12 bits per heavy atom. The van der Waals surface area contributed by atoms with Crippen molar-refractivity contribution >= 4 is 11.7 Å². The summed E-state index contributed by atoms with van der Waals surface area (Å²) < 4.78 is 1.67. The summed E-state index contributed by atoms with van der Waals surface area (Å²) in [5, 5.41) is 3.15. The topological polar surface area (TPSA) is 67.2 Å². The van der Waals surface area contributed by atoms with Crippen LogP contribution in [0.15, 0.2) is 29.3 Å². The third kappa shape index (κ3) is 3.86. The number of hydrogen-bond donors (Lipinski definition) is 1. The van der Waals surface area contributed by atoms with E-state index in [1.54, 1.807) is 17.0 Å². The number of aromatic nitrogens is 2. The summed E-state index contributed by atoms with van der Waals surface area (Å²) in [5.41, 5.74) is -0.0319. The molecule has 1 aromatic rings. The molecule has 0 saturated carbocycles. The van der Waals surface area contributed by atoms with Crippen LogP contribution >= 0.6 is 0 Å². The maximum absolute atomic E-state index is 12.3. The van der Waals surface area contributed by atoms with E-state index in [1.165, 1.54) is 0 Å². The number of nitrogens with one attached hydrogen (secondary N) is 1. The first-order chi connectivity index (χ1) is 11.7. The maximum Gasteiger partial charge on any atom is 0.293 e. The number of carbonyl (C=O) groups is 1. The van der Waals surface area contributed by atoms with Crippen LogP contribution in [-0.4, -0.2) is 34.6 Å². The largest absolute Gasteiger partial charge is 0.353 e. The lowest BCUT2D eigenvalue weighted by Crippen LogP contribution is -2.46. The zero-order valence-electron chi connectivity index (χ0n) is 14.3. The van der Waals surface area contributed by atoms with Gasteiger partial charge in [0.2, 0.25) is 5.91 Å². The van der Waals surface area contributed by atoms with Gasteiger partial charge in [0.1, 0.15) is 0 Å². The van der Waals surface area contributed by atoms with Gasteiger partial charge in [-0.25, -0.2) is 4.98 Å². The zero-order valence-corrected chi connectivity index (χ0v) is 14.3. The van der Waals surface area contributed by atoms with E-state index >= 15 is 0 Å². The molecule has 0 radical (unpaired) electrons. The van der Waals surface area contributed by atoms with E-state index in [-0.39, 0.29) is 17.5 Å². The second kappa shape index (κ2) is 7.64. The lowest BCUT2D eigenvalue weighted by molar-refractivity contribution is -0.122. The highest BCUT2D eigenvalue weighted by Crippen LogP contribution is 2.21. The van der Waals surface area contributed by atoms with Gasteiger partial charge in [-0.15, -0.1) is 0 Å². The average Bonchev–Trinajstić information content (AvgIpc) is 3.09. The molecule has 1 aliphatic heterocycles. The molecule has 6 nitrogen and oxygen atoms in total. The first-order valence-corrected chi connectivity index (χ1v) is 8.93. The SMILES string of the molecule is CCn1ccnc(N2CCC(NC(=O)C[C@H]3C=CCC3)CC2)c1=O. The van der Waals surface area contributed by atoms with Crippen molar-refractivity contribution in [2.45, 2.75) is 51.6 Å². The van der Waals surface area contributed by atoms with Gasteiger partial charge in [-0.3, -0.25) is 9.59 Å². The molecule has 1 N–H and O–H groups in total. The van der Waals surface area contributed by atoms with Crippen molar-refractivity contribution in [3.8, 4) is 0 Å². The van der Waals surface area contributed by atoms with Gasteiger partial charge in [0.25, 0.3) is 5.56 Å². The second-order valence-corrected chi connectivity index (χ2v) is 6.64. The number of allylic oxidation sites excluding steroid dienone is 2. The molecule has 1 aliphatic carbocycles. The number of aryl methyl sites for hydroxylation is 1. The van der Waals surface area contributed by atoms with Crippen LogP contribution in [0.5, 0.6) is 0 Å². The van der Waals surface area contributed by atoms with E-state index in [0.717, 1.165) is 38.8 Å². The molecule has 130 valence electrons. The molecule has 0 unspecified atom stereocenters. The van der Waals surface area contributed by atoms with Crippen LogP contribution < -0.4 is 15.8 Å². The van der Waals surface area contributed by atoms with E-state index in [2.05, 4.69) is 22.5 Å². The third-order valence-electron chi connectivity index (χ3n) is 4.96. The molecule has 6 heteroatoms. The molecule has 2 heterocycles. The highest BCUT2D eigenvalue weighted by molar-refractivity contribution is 5.76. The number of piperidine rings is 1. The van der Waals surface area contributed by atoms with E-state index < -0.39 is 0 Å². The summed E-state index contributed by atoms with van der Waals surface area (Å²) in [6.45, 7) is 4.11. The number of rotatable bonds is 5. The van der Waals surface area contributed by atoms with Crippen molar-refractivity contribution in [1.29, 1.82) is 0 Å². The Labute approximate surface area is 142 Å². The number of nitrogens with zero attached hydrogens (tertiary/aromatic N) is 3. The van der Waals surface area contributed by atoms with Gasteiger partial charge in [-0.1, -0.05) is 12.2 Å². The lowest BCUT2D eigenvalue weighted by atomic mass is 10.0. The third-order valence-corrected chi connectivity index (χ3v) is 4.96. The van der Waals surface area contributed by atoms with Crippen LogP contribution in [0.1, 0.15) is 39.0 Å². The molecule has 0 aromatic carbocycles. The van der Waals surface area contributed by atoms with Crippen LogP contribution in [0.3, 0.4) is 0 Å².